The van der Waals surface area contributed by atoms with Crippen molar-refractivity contribution in [3.8, 4) is 0 Å². The molecule has 1 aromatic heterocycles. The number of rotatable bonds is 6. The molecule has 0 atom stereocenters. The molecule has 2 aromatic rings. The van der Waals surface area contributed by atoms with E-state index < -0.39 is 27.2 Å². The Balaban J connectivity index is 2.28. The summed E-state index contributed by atoms with van der Waals surface area (Å²) in [7, 11) is -3.86. The molecule has 0 spiro atoms. The molecule has 0 fully saturated rings. The molecule has 4 N–H and O–H groups in total. The molecule has 0 aliphatic rings. The van der Waals surface area contributed by atoms with Crippen LogP contribution in [0.15, 0.2) is 32.7 Å². The van der Waals surface area contributed by atoms with Gasteiger partial charge < -0.3 is 10.1 Å². The fraction of sp³-hybridized carbons (Fsp3) is 0.250. The highest BCUT2D eigenvalue weighted by atomic mass is 32.2. The predicted octanol–water partition coefficient (Wildman–Crippen LogP) is -0.640. The van der Waals surface area contributed by atoms with Gasteiger partial charge in [-0.2, -0.15) is 0 Å². The van der Waals surface area contributed by atoms with Crippen LogP contribution in [0.25, 0.3) is 10.9 Å². The summed E-state index contributed by atoms with van der Waals surface area (Å²) in [5.41, 5.74) is -1.15. The molecule has 9 nitrogen and oxygen atoms in total. The van der Waals surface area contributed by atoms with E-state index in [0.717, 1.165) is 6.07 Å². The van der Waals surface area contributed by atoms with Gasteiger partial charge in [0.05, 0.1) is 15.8 Å². The topological polar surface area (TPSA) is 149 Å². The van der Waals surface area contributed by atoms with Crippen molar-refractivity contribution in [2.24, 2.45) is 0 Å². The first-order valence-electron chi connectivity index (χ1n) is 6.27. The second kappa shape index (κ2) is 6.12. The molecule has 1 aromatic carbocycles. The number of H-pyrrole nitrogens is 2. The second-order valence-corrected chi connectivity index (χ2v) is 6.28. The largest absolute Gasteiger partial charge is 0.481 e. The van der Waals surface area contributed by atoms with E-state index in [1.165, 1.54) is 12.1 Å². The first-order valence-corrected chi connectivity index (χ1v) is 7.76. The first kappa shape index (κ1) is 15.9. The van der Waals surface area contributed by atoms with Gasteiger partial charge in [-0.05, 0) is 24.6 Å². The van der Waals surface area contributed by atoms with Gasteiger partial charge in [0.1, 0.15) is 0 Å². The van der Waals surface area contributed by atoms with Crippen molar-refractivity contribution in [3.63, 3.8) is 0 Å². The molecule has 0 bridgehead atoms. The van der Waals surface area contributed by atoms with Crippen LogP contribution in [0.1, 0.15) is 12.8 Å². The highest BCUT2D eigenvalue weighted by molar-refractivity contribution is 7.89. The van der Waals surface area contributed by atoms with Crippen LogP contribution < -0.4 is 16.0 Å². The molecule has 10 heteroatoms. The normalized spacial score (nSPS) is 11.6. The summed E-state index contributed by atoms with van der Waals surface area (Å²) in [6.07, 6.45) is -0.00278. The third kappa shape index (κ3) is 3.59. The Kier molecular flexibility index (Phi) is 4.43. The van der Waals surface area contributed by atoms with Gasteiger partial charge >= 0.3 is 11.7 Å². The third-order valence-electron chi connectivity index (χ3n) is 2.88. The third-order valence-corrected chi connectivity index (χ3v) is 4.34. The number of nitrogens with one attached hydrogen (secondary N) is 3. The van der Waals surface area contributed by atoms with E-state index in [1.54, 1.807) is 0 Å². The van der Waals surface area contributed by atoms with E-state index in [1.807, 2.05) is 4.98 Å². The number of carbonyl (C=O) groups is 1. The average molecular weight is 327 g/mol. The fourth-order valence-electron chi connectivity index (χ4n) is 1.84. The molecule has 1 heterocycles. The van der Waals surface area contributed by atoms with Crippen LogP contribution in [0.3, 0.4) is 0 Å². The quantitative estimate of drug-likeness (QED) is 0.518. The van der Waals surface area contributed by atoms with Crippen LogP contribution in [-0.4, -0.2) is 36.0 Å². The molecule has 0 saturated carbocycles. The summed E-state index contributed by atoms with van der Waals surface area (Å²) in [5.74, 6) is -1.01. The summed E-state index contributed by atoms with van der Waals surface area (Å²) in [6.45, 7) is -0.0331. The smallest absolute Gasteiger partial charge is 0.326 e. The van der Waals surface area contributed by atoms with Gasteiger partial charge in [0.15, 0.2) is 0 Å². The predicted molar refractivity (Wildman–Crippen MR) is 77.2 cm³/mol. The molecular weight excluding hydrogens is 314 g/mol. The van der Waals surface area contributed by atoms with Crippen LogP contribution in [0.2, 0.25) is 0 Å². The zero-order chi connectivity index (χ0) is 16.3. The maximum atomic E-state index is 12.1. The zero-order valence-corrected chi connectivity index (χ0v) is 12.1. The van der Waals surface area contributed by atoms with Crippen molar-refractivity contribution in [1.29, 1.82) is 0 Å². The molecule has 118 valence electrons. The van der Waals surface area contributed by atoms with Crippen molar-refractivity contribution >= 4 is 26.9 Å². The van der Waals surface area contributed by atoms with E-state index in [9.17, 15) is 22.8 Å². The summed E-state index contributed by atoms with van der Waals surface area (Å²) in [4.78, 5) is 37.4. The van der Waals surface area contributed by atoms with Crippen LogP contribution in [0.5, 0.6) is 0 Å². The SMILES string of the molecule is O=C(O)CCCNS(=O)(=O)c1ccc2[nH]c(=O)[nH]c(=O)c2c1. The maximum absolute atomic E-state index is 12.1. The Labute approximate surface area is 124 Å². The lowest BCUT2D eigenvalue weighted by molar-refractivity contribution is -0.137. The van der Waals surface area contributed by atoms with Crippen molar-refractivity contribution in [2.75, 3.05) is 6.54 Å². The van der Waals surface area contributed by atoms with Gasteiger partial charge in [0.25, 0.3) is 5.56 Å². The number of aromatic amines is 2. The molecule has 0 aliphatic heterocycles. The molecule has 0 saturated heterocycles. The molecule has 22 heavy (non-hydrogen) atoms. The van der Waals surface area contributed by atoms with Crippen LogP contribution in [-0.2, 0) is 14.8 Å². The van der Waals surface area contributed by atoms with Crippen LogP contribution in [0, 0.1) is 0 Å². The maximum Gasteiger partial charge on any atom is 0.326 e. The number of sulfonamides is 1. The summed E-state index contributed by atoms with van der Waals surface area (Å²) < 4.78 is 26.4. The highest BCUT2D eigenvalue weighted by Crippen LogP contribution is 2.13. The van der Waals surface area contributed by atoms with Gasteiger partial charge in [-0.1, -0.05) is 0 Å². The van der Waals surface area contributed by atoms with E-state index in [0.29, 0.717) is 0 Å². The molecule has 2 rings (SSSR count). The number of carboxylic acid groups (broad SMARTS) is 1. The molecular formula is C12H13N3O6S. The Morgan fingerprint density at radius 2 is 1.95 bits per heavy atom. The monoisotopic (exact) mass is 327 g/mol. The lowest BCUT2D eigenvalue weighted by Crippen LogP contribution is -2.26. The number of hydrogen-bond acceptors (Lipinski definition) is 5. The number of fused-ring (bicyclic) bond motifs is 1. The van der Waals surface area contributed by atoms with Gasteiger partial charge in [0, 0.05) is 13.0 Å². The number of benzene rings is 1. The Hall–Kier alpha value is -2.46. The lowest BCUT2D eigenvalue weighted by Gasteiger charge is -2.06. The molecule has 0 aliphatic carbocycles. The van der Waals surface area contributed by atoms with E-state index >= 15 is 0 Å². The van der Waals surface area contributed by atoms with Crippen molar-refractivity contribution in [1.82, 2.24) is 14.7 Å². The van der Waals surface area contributed by atoms with E-state index in [2.05, 4.69) is 9.71 Å². The number of aliphatic carboxylic acids is 1. The summed E-state index contributed by atoms with van der Waals surface area (Å²) in [5, 5.41) is 8.52. The highest BCUT2D eigenvalue weighted by Gasteiger charge is 2.15. The second-order valence-electron chi connectivity index (χ2n) is 4.51. The number of aromatic nitrogens is 2. The Morgan fingerprint density at radius 1 is 1.23 bits per heavy atom. The minimum Gasteiger partial charge on any atom is -0.481 e. The van der Waals surface area contributed by atoms with Gasteiger partial charge in [-0.25, -0.2) is 17.9 Å². The van der Waals surface area contributed by atoms with Gasteiger partial charge in [-0.3, -0.25) is 14.6 Å². The Bertz CT molecular complexity index is 928. The Morgan fingerprint density at radius 3 is 2.64 bits per heavy atom. The van der Waals surface area contributed by atoms with E-state index in [-0.39, 0.29) is 35.2 Å². The average Bonchev–Trinajstić information content (AvgIpc) is 2.43. The van der Waals surface area contributed by atoms with Gasteiger partial charge in [0.2, 0.25) is 10.0 Å². The van der Waals surface area contributed by atoms with Crippen molar-refractivity contribution in [2.45, 2.75) is 17.7 Å². The number of carboxylic acids is 1. The van der Waals surface area contributed by atoms with Crippen LogP contribution >= 0.6 is 0 Å². The summed E-state index contributed by atoms with van der Waals surface area (Å²) >= 11 is 0. The molecule has 0 radical (unpaired) electrons. The van der Waals surface area contributed by atoms with E-state index in [4.69, 9.17) is 5.11 Å². The lowest BCUT2D eigenvalue weighted by atomic mass is 10.2. The van der Waals surface area contributed by atoms with Gasteiger partial charge in [-0.15, -0.1) is 0 Å². The zero-order valence-electron chi connectivity index (χ0n) is 11.3. The standard InChI is InChI=1S/C12H13N3O6S/c16-10(17)2-1-5-13-22(20,21)7-3-4-9-8(6-7)11(18)15-12(19)14-9/h3-4,6,13H,1-2,5H2,(H,16,17)(H2,14,15,18,19). The van der Waals surface area contributed by atoms with Crippen LogP contribution in [0.4, 0.5) is 0 Å². The first-order chi connectivity index (χ1) is 10.3. The minimum absolute atomic E-state index is 0.0331. The molecule has 0 amide bonds. The summed E-state index contributed by atoms with van der Waals surface area (Å²) in [6, 6.07) is 3.71. The fourth-order valence-corrected chi connectivity index (χ4v) is 2.94. The van der Waals surface area contributed by atoms with Crippen molar-refractivity contribution < 1.29 is 18.3 Å². The van der Waals surface area contributed by atoms with Crippen molar-refractivity contribution in [3.05, 3.63) is 39.0 Å². The number of hydrogen-bond donors (Lipinski definition) is 4. The minimum atomic E-state index is -3.86. The molecule has 0 unspecified atom stereocenters.